The second-order valence-electron chi connectivity index (χ2n) is 5.25. The molecular formula is C15H20ClN3O. The third kappa shape index (κ3) is 3.77. The molecule has 1 aromatic heterocycles. The average Bonchev–Trinajstić information content (AvgIpc) is 2.94. The first kappa shape index (κ1) is 14.9. The fraction of sp³-hybridized carbons (Fsp3) is 0.600. The molecule has 0 saturated heterocycles. The highest BCUT2D eigenvalue weighted by molar-refractivity contribution is 6.32. The summed E-state index contributed by atoms with van der Waals surface area (Å²) in [7, 11) is 0. The molecule has 0 bridgehead atoms. The standard InChI is InChI=1S/C15H20ClN3O/c1-2-10-19-15(20)14(13(16)11-18-19)17-9-5-8-12-6-3-4-7-12/h1,11-12,17H,3-10H2. The van der Waals surface area contributed by atoms with Gasteiger partial charge in [0.15, 0.2) is 0 Å². The first-order valence-corrected chi connectivity index (χ1v) is 7.53. The molecule has 20 heavy (non-hydrogen) atoms. The van der Waals surface area contributed by atoms with Crippen molar-refractivity contribution in [3.63, 3.8) is 0 Å². The number of anilines is 1. The molecule has 1 aliphatic carbocycles. The van der Waals surface area contributed by atoms with Crippen LogP contribution < -0.4 is 10.9 Å². The number of halogens is 1. The molecule has 0 amide bonds. The van der Waals surface area contributed by atoms with Crippen molar-refractivity contribution in [3.05, 3.63) is 21.6 Å². The monoisotopic (exact) mass is 293 g/mol. The van der Waals surface area contributed by atoms with Crippen molar-refractivity contribution in [2.24, 2.45) is 5.92 Å². The Morgan fingerprint density at radius 2 is 2.25 bits per heavy atom. The van der Waals surface area contributed by atoms with E-state index in [2.05, 4.69) is 16.3 Å². The zero-order chi connectivity index (χ0) is 14.4. The first-order chi connectivity index (χ1) is 9.72. The van der Waals surface area contributed by atoms with Crippen LogP contribution in [0.3, 0.4) is 0 Å². The summed E-state index contributed by atoms with van der Waals surface area (Å²) in [5.74, 6) is 3.27. The number of rotatable bonds is 6. The lowest BCUT2D eigenvalue weighted by Crippen LogP contribution is -2.26. The van der Waals surface area contributed by atoms with Gasteiger partial charge in [0, 0.05) is 6.54 Å². The quantitative estimate of drug-likeness (QED) is 0.648. The van der Waals surface area contributed by atoms with Gasteiger partial charge in [-0.25, -0.2) is 4.68 Å². The second-order valence-corrected chi connectivity index (χ2v) is 5.66. The van der Waals surface area contributed by atoms with Gasteiger partial charge in [0.1, 0.15) is 12.2 Å². The Morgan fingerprint density at radius 3 is 2.95 bits per heavy atom. The van der Waals surface area contributed by atoms with Gasteiger partial charge in [0.05, 0.1) is 11.2 Å². The molecular weight excluding hydrogens is 274 g/mol. The highest BCUT2D eigenvalue weighted by Crippen LogP contribution is 2.28. The Morgan fingerprint density at radius 1 is 1.50 bits per heavy atom. The minimum absolute atomic E-state index is 0.159. The van der Waals surface area contributed by atoms with Crippen molar-refractivity contribution < 1.29 is 0 Å². The number of nitrogens with one attached hydrogen (secondary N) is 1. The lowest BCUT2D eigenvalue weighted by atomic mass is 10.0. The van der Waals surface area contributed by atoms with Crippen molar-refractivity contribution in [3.8, 4) is 12.3 Å². The molecule has 0 radical (unpaired) electrons. The maximum atomic E-state index is 12.1. The average molecular weight is 294 g/mol. The molecule has 1 saturated carbocycles. The normalized spacial score (nSPS) is 15.2. The molecule has 5 heteroatoms. The third-order valence-electron chi connectivity index (χ3n) is 3.80. The molecule has 1 fully saturated rings. The number of terminal acetylenes is 1. The van der Waals surface area contributed by atoms with Crippen molar-refractivity contribution in [2.75, 3.05) is 11.9 Å². The highest BCUT2D eigenvalue weighted by atomic mass is 35.5. The van der Waals surface area contributed by atoms with Gasteiger partial charge in [0.25, 0.3) is 5.56 Å². The van der Waals surface area contributed by atoms with E-state index in [1.165, 1.54) is 43.0 Å². The molecule has 1 aliphatic rings. The fourth-order valence-corrected chi connectivity index (χ4v) is 2.92. The van der Waals surface area contributed by atoms with Crippen LogP contribution in [0.4, 0.5) is 5.69 Å². The highest BCUT2D eigenvalue weighted by Gasteiger charge is 2.14. The van der Waals surface area contributed by atoms with Crippen LogP contribution in [0.5, 0.6) is 0 Å². The molecule has 0 unspecified atom stereocenters. The first-order valence-electron chi connectivity index (χ1n) is 7.15. The smallest absolute Gasteiger partial charge is 0.292 e. The zero-order valence-corrected chi connectivity index (χ0v) is 12.3. The van der Waals surface area contributed by atoms with E-state index in [1.807, 2.05) is 0 Å². The van der Waals surface area contributed by atoms with Gasteiger partial charge in [-0.3, -0.25) is 4.79 Å². The van der Waals surface area contributed by atoms with Crippen molar-refractivity contribution in [1.82, 2.24) is 9.78 Å². The summed E-state index contributed by atoms with van der Waals surface area (Å²) in [6, 6.07) is 0. The molecule has 4 nitrogen and oxygen atoms in total. The van der Waals surface area contributed by atoms with Crippen LogP contribution in [0, 0.1) is 18.3 Å². The van der Waals surface area contributed by atoms with Gasteiger partial charge < -0.3 is 5.32 Å². The summed E-state index contributed by atoms with van der Waals surface area (Å²) in [6.45, 7) is 0.915. The molecule has 0 aromatic carbocycles. The van der Waals surface area contributed by atoms with Crippen molar-refractivity contribution in [1.29, 1.82) is 0 Å². The van der Waals surface area contributed by atoms with Crippen LogP contribution in [0.15, 0.2) is 11.0 Å². The minimum Gasteiger partial charge on any atom is -0.379 e. The van der Waals surface area contributed by atoms with Gasteiger partial charge >= 0.3 is 0 Å². The summed E-state index contributed by atoms with van der Waals surface area (Å²) >= 11 is 6.02. The Labute approximate surface area is 124 Å². The summed E-state index contributed by atoms with van der Waals surface area (Å²) < 4.78 is 1.24. The van der Waals surface area contributed by atoms with E-state index in [-0.39, 0.29) is 12.1 Å². The number of hydrogen-bond donors (Lipinski definition) is 1. The van der Waals surface area contributed by atoms with Crippen LogP contribution in [0.1, 0.15) is 38.5 Å². The molecule has 2 rings (SSSR count). The Balaban J connectivity index is 1.90. The molecule has 1 heterocycles. The maximum absolute atomic E-state index is 12.1. The summed E-state index contributed by atoms with van der Waals surface area (Å²) in [5.41, 5.74) is 0.152. The maximum Gasteiger partial charge on any atom is 0.292 e. The summed E-state index contributed by atoms with van der Waals surface area (Å²) in [6.07, 6.45) is 14.4. The Hall–Kier alpha value is -1.47. The summed E-state index contributed by atoms with van der Waals surface area (Å²) in [5, 5.41) is 7.39. The van der Waals surface area contributed by atoms with E-state index in [9.17, 15) is 4.79 Å². The topological polar surface area (TPSA) is 46.9 Å². The van der Waals surface area contributed by atoms with Crippen LogP contribution in [-0.4, -0.2) is 16.3 Å². The predicted octanol–water partition coefficient (Wildman–Crippen LogP) is 2.91. The minimum atomic E-state index is -0.253. The van der Waals surface area contributed by atoms with Gasteiger partial charge in [-0.15, -0.1) is 6.42 Å². The third-order valence-corrected chi connectivity index (χ3v) is 4.09. The van der Waals surface area contributed by atoms with E-state index < -0.39 is 0 Å². The number of hydrogen-bond acceptors (Lipinski definition) is 3. The van der Waals surface area contributed by atoms with E-state index >= 15 is 0 Å². The van der Waals surface area contributed by atoms with Crippen molar-refractivity contribution >= 4 is 17.3 Å². The Bertz CT molecular complexity index is 541. The van der Waals surface area contributed by atoms with E-state index in [0.717, 1.165) is 18.9 Å². The van der Waals surface area contributed by atoms with Gasteiger partial charge in [-0.05, 0) is 18.8 Å². The van der Waals surface area contributed by atoms with E-state index in [0.29, 0.717) is 10.7 Å². The Kier molecular flexibility index (Phi) is 5.49. The predicted molar refractivity (Wildman–Crippen MR) is 82.0 cm³/mol. The van der Waals surface area contributed by atoms with Gasteiger partial charge in [-0.2, -0.15) is 5.10 Å². The van der Waals surface area contributed by atoms with Crippen LogP contribution in [0.2, 0.25) is 5.02 Å². The lowest BCUT2D eigenvalue weighted by Gasteiger charge is -2.11. The van der Waals surface area contributed by atoms with Crippen molar-refractivity contribution in [2.45, 2.75) is 45.1 Å². The molecule has 108 valence electrons. The largest absolute Gasteiger partial charge is 0.379 e. The molecule has 0 spiro atoms. The number of nitrogens with zero attached hydrogens (tertiary/aromatic N) is 2. The SMILES string of the molecule is C#CCn1ncc(Cl)c(NCCCC2CCCC2)c1=O. The number of aromatic nitrogens is 2. The second kappa shape index (κ2) is 7.35. The molecule has 1 aromatic rings. The lowest BCUT2D eigenvalue weighted by molar-refractivity contribution is 0.491. The zero-order valence-electron chi connectivity index (χ0n) is 11.6. The van der Waals surface area contributed by atoms with Gasteiger partial charge in [0.2, 0.25) is 0 Å². The molecule has 0 atom stereocenters. The van der Waals surface area contributed by atoms with E-state index in [1.54, 1.807) is 0 Å². The van der Waals surface area contributed by atoms with E-state index in [4.69, 9.17) is 18.0 Å². The summed E-state index contributed by atoms with van der Waals surface area (Å²) in [4.78, 5) is 12.1. The van der Waals surface area contributed by atoms with Crippen LogP contribution in [0.25, 0.3) is 0 Å². The van der Waals surface area contributed by atoms with Gasteiger partial charge in [-0.1, -0.05) is 43.2 Å². The van der Waals surface area contributed by atoms with Crippen LogP contribution in [-0.2, 0) is 6.54 Å². The fourth-order valence-electron chi connectivity index (χ4n) is 2.73. The molecule has 1 N–H and O–H groups in total. The van der Waals surface area contributed by atoms with Crippen LogP contribution >= 0.6 is 11.6 Å². The molecule has 0 aliphatic heterocycles.